The van der Waals surface area contributed by atoms with Gasteiger partial charge in [-0.15, -0.1) is 0 Å². The zero-order valence-electron chi connectivity index (χ0n) is 20.8. The largest absolute Gasteiger partial charge is 0.369 e. The summed E-state index contributed by atoms with van der Waals surface area (Å²) < 4.78 is 0. The summed E-state index contributed by atoms with van der Waals surface area (Å²) in [7, 11) is 0. The molecule has 2 aromatic heterocycles. The van der Waals surface area contributed by atoms with E-state index in [1.807, 2.05) is 42.5 Å². The first-order valence-electron chi connectivity index (χ1n) is 12.9. The second-order valence-electron chi connectivity index (χ2n) is 9.45. The molecule has 3 aromatic carbocycles. The van der Waals surface area contributed by atoms with E-state index in [-0.39, 0.29) is 10.9 Å². The maximum atomic E-state index is 13.9. The van der Waals surface area contributed by atoms with E-state index in [0.717, 1.165) is 67.4 Å². The molecule has 0 aliphatic carbocycles. The summed E-state index contributed by atoms with van der Waals surface area (Å²) in [6, 6.07) is 15.5. The number of para-hydroxylation sites is 1. The molecular formula is C30H33N3O2. The lowest BCUT2D eigenvalue weighted by molar-refractivity contribution is 0.680. The molecule has 35 heavy (non-hydrogen) atoms. The molecule has 5 rings (SSSR count). The third-order valence-corrected chi connectivity index (χ3v) is 7.09. The van der Waals surface area contributed by atoms with E-state index in [9.17, 15) is 9.59 Å². The van der Waals surface area contributed by atoms with Crippen LogP contribution in [0.2, 0.25) is 0 Å². The van der Waals surface area contributed by atoms with Crippen molar-refractivity contribution < 1.29 is 0 Å². The van der Waals surface area contributed by atoms with Crippen LogP contribution in [-0.2, 0) is 6.42 Å². The van der Waals surface area contributed by atoms with E-state index in [0.29, 0.717) is 27.1 Å². The van der Waals surface area contributed by atoms with Crippen LogP contribution in [0, 0.1) is 0 Å². The molecule has 0 atom stereocenters. The summed E-state index contributed by atoms with van der Waals surface area (Å²) >= 11 is 0. The van der Waals surface area contributed by atoms with Gasteiger partial charge in [-0.25, -0.2) is 0 Å². The number of aromatic amines is 2. The van der Waals surface area contributed by atoms with E-state index < -0.39 is 0 Å². The topological polar surface area (TPSA) is 69.0 Å². The monoisotopic (exact) mass is 467 g/mol. The molecule has 0 aliphatic heterocycles. The van der Waals surface area contributed by atoms with Crippen LogP contribution in [0.3, 0.4) is 0 Å². The van der Waals surface area contributed by atoms with Gasteiger partial charge in [0, 0.05) is 29.4 Å². The fourth-order valence-corrected chi connectivity index (χ4v) is 5.11. The molecule has 0 bridgehead atoms. The Balaban J connectivity index is 1.97. The van der Waals surface area contributed by atoms with Gasteiger partial charge in [-0.1, -0.05) is 51.8 Å². The molecule has 0 unspecified atom stereocenters. The zero-order valence-corrected chi connectivity index (χ0v) is 20.8. The van der Waals surface area contributed by atoms with Crippen molar-refractivity contribution in [2.24, 2.45) is 0 Å². The first-order chi connectivity index (χ1) is 17.1. The normalized spacial score (nSPS) is 11.7. The number of unbranched alkanes of at least 4 members (excludes halogenated alkanes) is 2. The van der Waals surface area contributed by atoms with Crippen LogP contribution in [0.1, 0.15) is 52.0 Å². The summed E-state index contributed by atoms with van der Waals surface area (Å²) in [5.41, 5.74) is 5.12. The van der Waals surface area contributed by atoms with E-state index in [2.05, 4.69) is 41.7 Å². The SMILES string of the molecule is CCCCN(CCCC)c1c2[nH]c3cc(CC)ccc3c(=O)c2cc2[nH]c3ccccc3c(=O)c12. The average Bonchev–Trinajstić information content (AvgIpc) is 2.88. The lowest BCUT2D eigenvalue weighted by Crippen LogP contribution is -2.28. The second-order valence-corrected chi connectivity index (χ2v) is 9.45. The molecule has 0 saturated heterocycles. The van der Waals surface area contributed by atoms with E-state index >= 15 is 0 Å². The predicted molar refractivity (Wildman–Crippen MR) is 149 cm³/mol. The van der Waals surface area contributed by atoms with E-state index in [4.69, 9.17) is 0 Å². The van der Waals surface area contributed by atoms with Crippen LogP contribution in [0.15, 0.2) is 58.1 Å². The van der Waals surface area contributed by atoms with Crippen molar-refractivity contribution in [2.75, 3.05) is 18.0 Å². The van der Waals surface area contributed by atoms with Crippen LogP contribution in [0.4, 0.5) is 5.69 Å². The lowest BCUT2D eigenvalue weighted by Gasteiger charge is -2.27. The van der Waals surface area contributed by atoms with Gasteiger partial charge in [0.05, 0.1) is 33.0 Å². The highest BCUT2D eigenvalue weighted by Crippen LogP contribution is 2.34. The lowest BCUT2D eigenvalue weighted by atomic mass is 10.0. The number of fused-ring (bicyclic) bond motifs is 4. The summed E-state index contributed by atoms with van der Waals surface area (Å²) in [6.45, 7) is 8.15. The fraction of sp³-hybridized carbons (Fsp3) is 0.333. The minimum Gasteiger partial charge on any atom is -0.369 e. The fourth-order valence-electron chi connectivity index (χ4n) is 5.11. The van der Waals surface area contributed by atoms with Gasteiger partial charge in [0.2, 0.25) is 0 Å². The molecule has 0 saturated carbocycles. The summed E-state index contributed by atoms with van der Waals surface area (Å²) in [6.07, 6.45) is 5.05. The highest BCUT2D eigenvalue weighted by Gasteiger charge is 2.21. The number of benzene rings is 3. The van der Waals surface area contributed by atoms with Crippen molar-refractivity contribution >= 4 is 49.3 Å². The Morgan fingerprint density at radius 3 is 2.14 bits per heavy atom. The van der Waals surface area contributed by atoms with Crippen molar-refractivity contribution in [1.29, 1.82) is 0 Å². The van der Waals surface area contributed by atoms with Gasteiger partial charge in [-0.2, -0.15) is 0 Å². The summed E-state index contributed by atoms with van der Waals surface area (Å²) in [5.74, 6) is 0. The molecule has 0 radical (unpaired) electrons. The number of nitrogens with one attached hydrogen (secondary N) is 2. The molecule has 5 heteroatoms. The molecule has 0 aliphatic rings. The number of hydrogen-bond donors (Lipinski definition) is 2. The zero-order chi connectivity index (χ0) is 24.5. The van der Waals surface area contributed by atoms with Gasteiger partial charge >= 0.3 is 0 Å². The molecule has 0 fully saturated rings. The van der Waals surface area contributed by atoms with Crippen molar-refractivity contribution in [3.05, 3.63) is 74.5 Å². The maximum Gasteiger partial charge on any atom is 0.199 e. The van der Waals surface area contributed by atoms with Crippen molar-refractivity contribution in [1.82, 2.24) is 9.97 Å². The number of aromatic nitrogens is 2. The number of pyridine rings is 2. The Morgan fingerprint density at radius 2 is 1.43 bits per heavy atom. The van der Waals surface area contributed by atoms with Crippen LogP contribution >= 0.6 is 0 Å². The average molecular weight is 468 g/mol. The minimum atomic E-state index is -0.000469. The Labute approximate surface area is 204 Å². The quantitative estimate of drug-likeness (QED) is 0.251. The third-order valence-electron chi connectivity index (χ3n) is 7.09. The third kappa shape index (κ3) is 3.99. The standard InChI is InChI=1S/C30H33N3O2/c1-4-7-15-33(16-8-5-2)28-26-25(31-23-12-10-9-11-20(23)30(26)35)18-22-27(28)32-24-17-19(6-3)13-14-21(24)29(22)34/h9-14,17-18H,4-8,15-16H2,1-3H3,(H,31,35)(H,32,34). The molecular weight excluding hydrogens is 434 g/mol. The Hall–Kier alpha value is -3.60. The summed E-state index contributed by atoms with van der Waals surface area (Å²) in [4.78, 5) is 37.1. The molecule has 2 heterocycles. The predicted octanol–water partition coefficient (Wildman–Crippen LogP) is 6.65. The molecule has 5 nitrogen and oxygen atoms in total. The molecule has 5 aromatic rings. The molecule has 0 spiro atoms. The number of rotatable bonds is 8. The minimum absolute atomic E-state index is 0.000469. The maximum absolute atomic E-state index is 13.9. The van der Waals surface area contributed by atoms with Gasteiger partial charge in [0.15, 0.2) is 10.9 Å². The molecule has 2 N–H and O–H groups in total. The highest BCUT2D eigenvalue weighted by atomic mass is 16.1. The second kappa shape index (κ2) is 9.57. The number of hydrogen-bond acceptors (Lipinski definition) is 3. The van der Waals surface area contributed by atoms with Crippen molar-refractivity contribution in [3.63, 3.8) is 0 Å². The van der Waals surface area contributed by atoms with Crippen LogP contribution in [0.5, 0.6) is 0 Å². The van der Waals surface area contributed by atoms with Crippen molar-refractivity contribution in [2.45, 2.75) is 52.9 Å². The number of aryl methyl sites for hydroxylation is 1. The number of nitrogens with zero attached hydrogens (tertiary/aromatic N) is 1. The van der Waals surface area contributed by atoms with Gasteiger partial charge in [-0.05, 0) is 55.2 Å². The number of anilines is 1. The smallest absolute Gasteiger partial charge is 0.199 e. The van der Waals surface area contributed by atoms with E-state index in [1.165, 1.54) is 5.56 Å². The molecule has 0 amide bonds. The molecule has 180 valence electrons. The Kier molecular flexibility index (Phi) is 6.33. The highest BCUT2D eigenvalue weighted by molar-refractivity contribution is 6.13. The Morgan fingerprint density at radius 1 is 0.714 bits per heavy atom. The van der Waals surface area contributed by atoms with Crippen molar-refractivity contribution in [3.8, 4) is 0 Å². The van der Waals surface area contributed by atoms with E-state index in [1.54, 1.807) is 0 Å². The first-order valence-corrected chi connectivity index (χ1v) is 12.9. The van der Waals surface area contributed by atoms with Crippen LogP contribution in [0.25, 0.3) is 43.6 Å². The van der Waals surface area contributed by atoms with Gasteiger partial charge < -0.3 is 14.9 Å². The van der Waals surface area contributed by atoms with Crippen LogP contribution < -0.4 is 15.8 Å². The van der Waals surface area contributed by atoms with Gasteiger partial charge in [0.1, 0.15) is 0 Å². The van der Waals surface area contributed by atoms with Crippen LogP contribution in [-0.4, -0.2) is 23.1 Å². The van der Waals surface area contributed by atoms with Gasteiger partial charge in [0.25, 0.3) is 0 Å². The number of H-pyrrole nitrogens is 2. The first kappa shape index (κ1) is 23.2. The Bertz CT molecular complexity index is 1650. The summed E-state index contributed by atoms with van der Waals surface area (Å²) in [5, 5.41) is 2.62. The van der Waals surface area contributed by atoms with Gasteiger partial charge in [-0.3, -0.25) is 9.59 Å².